The van der Waals surface area contributed by atoms with Crippen LogP contribution in [0.25, 0.3) is 0 Å². The number of rotatable bonds is 2. The lowest BCUT2D eigenvalue weighted by Crippen LogP contribution is -2.47. The maximum absolute atomic E-state index is 5.69. The molecular formula is C9H19N3. The van der Waals surface area contributed by atoms with Crippen LogP contribution in [-0.2, 0) is 0 Å². The van der Waals surface area contributed by atoms with Gasteiger partial charge < -0.3 is 11.1 Å². The van der Waals surface area contributed by atoms with Crippen molar-refractivity contribution < 1.29 is 0 Å². The first kappa shape index (κ1) is 9.36. The molecule has 12 heavy (non-hydrogen) atoms. The molecule has 0 aromatic carbocycles. The molecule has 1 aliphatic rings. The molecule has 0 atom stereocenters. The molecule has 0 unspecified atom stereocenters. The van der Waals surface area contributed by atoms with E-state index in [0.717, 1.165) is 6.54 Å². The van der Waals surface area contributed by atoms with Crippen LogP contribution in [0.1, 0.15) is 39.5 Å². The zero-order valence-corrected chi connectivity index (χ0v) is 8.06. The van der Waals surface area contributed by atoms with Crippen LogP contribution in [0.2, 0.25) is 0 Å². The van der Waals surface area contributed by atoms with Crippen molar-refractivity contribution in [3.63, 3.8) is 0 Å². The van der Waals surface area contributed by atoms with Gasteiger partial charge in [-0.1, -0.05) is 12.8 Å². The van der Waals surface area contributed by atoms with Crippen LogP contribution in [0.3, 0.4) is 0 Å². The van der Waals surface area contributed by atoms with Crippen molar-refractivity contribution in [3.05, 3.63) is 0 Å². The minimum atomic E-state index is 0.211. The van der Waals surface area contributed by atoms with Gasteiger partial charge in [0.05, 0.1) is 0 Å². The second kappa shape index (κ2) is 3.78. The summed E-state index contributed by atoms with van der Waals surface area (Å²) in [5, 5.41) is 3.28. The number of nitrogens with one attached hydrogen (secondary N) is 1. The van der Waals surface area contributed by atoms with Gasteiger partial charge in [0, 0.05) is 12.1 Å². The van der Waals surface area contributed by atoms with E-state index >= 15 is 0 Å². The molecule has 0 amide bonds. The van der Waals surface area contributed by atoms with Crippen molar-refractivity contribution >= 4 is 5.96 Å². The van der Waals surface area contributed by atoms with Gasteiger partial charge in [-0.05, 0) is 26.7 Å². The minimum Gasteiger partial charge on any atom is -0.370 e. The van der Waals surface area contributed by atoms with E-state index in [1.165, 1.54) is 25.7 Å². The van der Waals surface area contributed by atoms with E-state index < -0.39 is 0 Å². The Balaban J connectivity index is 2.43. The Bertz CT molecular complexity index is 169. The Labute approximate surface area is 74.4 Å². The summed E-state index contributed by atoms with van der Waals surface area (Å²) in [7, 11) is 0. The Morgan fingerprint density at radius 1 is 1.50 bits per heavy atom. The smallest absolute Gasteiger partial charge is 0.188 e. The summed E-state index contributed by atoms with van der Waals surface area (Å²) < 4.78 is 0. The molecule has 1 saturated carbocycles. The first-order chi connectivity index (χ1) is 5.66. The number of nitrogens with zero attached hydrogens (tertiary/aromatic N) is 1. The van der Waals surface area contributed by atoms with Crippen LogP contribution in [0.4, 0.5) is 0 Å². The fourth-order valence-corrected chi connectivity index (χ4v) is 1.80. The molecule has 1 fully saturated rings. The Hall–Kier alpha value is -0.730. The van der Waals surface area contributed by atoms with Crippen molar-refractivity contribution in [3.8, 4) is 0 Å². The number of aliphatic imine (C=N–C) groups is 1. The summed E-state index contributed by atoms with van der Waals surface area (Å²) in [6, 6.07) is 0. The summed E-state index contributed by atoms with van der Waals surface area (Å²) in [5.41, 5.74) is 5.90. The summed E-state index contributed by atoms with van der Waals surface area (Å²) in [5.74, 6) is 0.599. The molecule has 0 bridgehead atoms. The van der Waals surface area contributed by atoms with Crippen molar-refractivity contribution in [2.45, 2.75) is 45.1 Å². The van der Waals surface area contributed by atoms with Gasteiger partial charge in [0.25, 0.3) is 0 Å². The zero-order chi connectivity index (χ0) is 9.03. The van der Waals surface area contributed by atoms with Crippen LogP contribution in [0.15, 0.2) is 4.99 Å². The standard InChI is InChI=1S/C9H19N3/c1-3-11-8(10)12-9(2)6-4-5-7-9/h3-7H2,1-2H3,(H3,10,11,12). The monoisotopic (exact) mass is 169 g/mol. The lowest BCUT2D eigenvalue weighted by atomic mass is 10.0. The molecule has 1 rings (SSSR count). The molecule has 0 aromatic heterocycles. The van der Waals surface area contributed by atoms with Crippen LogP contribution in [0, 0.1) is 0 Å². The third-order valence-electron chi connectivity index (χ3n) is 2.47. The van der Waals surface area contributed by atoms with Gasteiger partial charge in [-0.3, -0.25) is 4.99 Å². The zero-order valence-electron chi connectivity index (χ0n) is 8.06. The third kappa shape index (κ3) is 2.40. The van der Waals surface area contributed by atoms with Crippen LogP contribution in [-0.4, -0.2) is 18.0 Å². The Morgan fingerprint density at radius 3 is 2.58 bits per heavy atom. The van der Waals surface area contributed by atoms with E-state index in [9.17, 15) is 0 Å². The van der Waals surface area contributed by atoms with Crippen molar-refractivity contribution in [1.82, 2.24) is 5.32 Å². The second-order valence-corrected chi connectivity index (χ2v) is 3.75. The molecule has 3 N–H and O–H groups in total. The lowest BCUT2D eigenvalue weighted by molar-refractivity contribution is 0.429. The van der Waals surface area contributed by atoms with Gasteiger partial charge in [-0.25, -0.2) is 0 Å². The number of nitrogens with two attached hydrogens (primary N) is 1. The molecule has 0 radical (unpaired) electrons. The molecule has 0 aliphatic heterocycles. The van der Waals surface area contributed by atoms with Gasteiger partial charge in [0.2, 0.25) is 0 Å². The first-order valence-electron chi connectivity index (χ1n) is 4.74. The number of hydrogen-bond acceptors (Lipinski definition) is 1. The molecule has 0 heterocycles. The SMILES string of the molecule is CCN=C(N)NC1(C)CCCC1. The van der Waals surface area contributed by atoms with Crippen molar-refractivity contribution in [2.75, 3.05) is 6.54 Å². The molecule has 70 valence electrons. The summed E-state index contributed by atoms with van der Waals surface area (Å²) >= 11 is 0. The number of guanidine groups is 1. The van der Waals surface area contributed by atoms with Gasteiger partial charge in [-0.2, -0.15) is 0 Å². The predicted molar refractivity (Wildman–Crippen MR) is 52.2 cm³/mol. The van der Waals surface area contributed by atoms with Crippen LogP contribution < -0.4 is 11.1 Å². The highest BCUT2D eigenvalue weighted by Gasteiger charge is 2.28. The van der Waals surface area contributed by atoms with Crippen molar-refractivity contribution in [1.29, 1.82) is 0 Å². The Morgan fingerprint density at radius 2 is 2.08 bits per heavy atom. The third-order valence-corrected chi connectivity index (χ3v) is 2.47. The van der Waals surface area contributed by atoms with E-state index in [4.69, 9.17) is 5.73 Å². The highest BCUT2D eigenvalue weighted by atomic mass is 15.1. The van der Waals surface area contributed by atoms with E-state index in [1.54, 1.807) is 0 Å². The predicted octanol–water partition coefficient (Wildman–Crippen LogP) is 1.24. The molecule has 3 nitrogen and oxygen atoms in total. The highest BCUT2D eigenvalue weighted by Crippen LogP contribution is 2.28. The Kier molecular flexibility index (Phi) is 2.95. The van der Waals surface area contributed by atoms with E-state index in [0.29, 0.717) is 5.96 Å². The molecule has 0 aromatic rings. The highest BCUT2D eigenvalue weighted by molar-refractivity contribution is 5.78. The fraction of sp³-hybridized carbons (Fsp3) is 0.889. The van der Waals surface area contributed by atoms with Gasteiger partial charge in [0.15, 0.2) is 5.96 Å². The van der Waals surface area contributed by atoms with Crippen molar-refractivity contribution in [2.24, 2.45) is 10.7 Å². The summed E-state index contributed by atoms with van der Waals surface area (Å²) in [4.78, 5) is 4.12. The number of hydrogen-bond donors (Lipinski definition) is 2. The quantitative estimate of drug-likeness (QED) is 0.482. The van der Waals surface area contributed by atoms with E-state index in [2.05, 4.69) is 17.2 Å². The summed E-state index contributed by atoms with van der Waals surface area (Å²) in [6.07, 6.45) is 5.05. The molecule has 3 heteroatoms. The largest absolute Gasteiger partial charge is 0.370 e. The first-order valence-corrected chi connectivity index (χ1v) is 4.74. The minimum absolute atomic E-state index is 0.211. The van der Waals surface area contributed by atoms with E-state index in [1.807, 2.05) is 6.92 Å². The molecule has 0 saturated heterocycles. The maximum atomic E-state index is 5.69. The maximum Gasteiger partial charge on any atom is 0.188 e. The molecule has 1 aliphatic carbocycles. The van der Waals surface area contributed by atoms with Gasteiger partial charge in [0.1, 0.15) is 0 Å². The van der Waals surface area contributed by atoms with Crippen LogP contribution in [0.5, 0.6) is 0 Å². The van der Waals surface area contributed by atoms with Crippen LogP contribution >= 0.6 is 0 Å². The van der Waals surface area contributed by atoms with Gasteiger partial charge >= 0.3 is 0 Å². The molecular weight excluding hydrogens is 150 g/mol. The molecule has 0 spiro atoms. The van der Waals surface area contributed by atoms with E-state index in [-0.39, 0.29) is 5.54 Å². The topological polar surface area (TPSA) is 50.4 Å². The fourth-order valence-electron chi connectivity index (χ4n) is 1.80. The summed E-state index contributed by atoms with van der Waals surface area (Å²) in [6.45, 7) is 4.97. The second-order valence-electron chi connectivity index (χ2n) is 3.75. The average molecular weight is 169 g/mol. The average Bonchev–Trinajstić information content (AvgIpc) is 2.36. The normalized spacial score (nSPS) is 22.7. The lowest BCUT2D eigenvalue weighted by Gasteiger charge is -2.25. The van der Waals surface area contributed by atoms with Gasteiger partial charge in [-0.15, -0.1) is 0 Å².